The van der Waals surface area contributed by atoms with Gasteiger partial charge in [0.2, 0.25) is 0 Å². The topological polar surface area (TPSA) is 55.8 Å². The van der Waals surface area contributed by atoms with Gasteiger partial charge in [0, 0.05) is 13.0 Å². The van der Waals surface area contributed by atoms with Crippen LogP contribution in [0.3, 0.4) is 0 Å². The minimum absolute atomic E-state index is 0.208. The van der Waals surface area contributed by atoms with Crippen molar-refractivity contribution in [1.29, 1.82) is 0 Å². The van der Waals surface area contributed by atoms with E-state index in [1.165, 1.54) is 12.8 Å². The fourth-order valence-corrected chi connectivity index (χ4v) is 1.45. The molecule has 1 aliphatic rings. The minimum atomic E-state index is -0.524. The average Bonchev–Trinajstić information content (AvgIpc) is 2.75. The van der Waals surface area contributed by atoms with Crippen LogP contribution >= 0.6 is 0 Å². The number of rotatable bonds is 4. The third-order valence-electron chi connectivity index (χ3n) is 2.35. The highest BCUT2D eigenvalue weighted by Gasteiger charge is 2.14. The second-order valence-corrected chi connectivity index (χ2v) is 3.56. The highest BCUT2D eigenvalue weighted by atomic mass is 17.2. The number of likely N-dealkylation sites (tertiary alicyclic amines) is 1. The van der Waals surface area contributed by atoms with Gasteiger partial charge in [-0.15, -0.1) is 0 Å². The van der Waals surface area contributed by atoms with Crippen LogP contribution in [-0.2, 0) is 19.4 Å². The number of nitrogens with zero attached hydrogens (tertiary/aromatic N) is 1. The second-order valence-electron chi connectivity index (χ2n) is 3.56. The molecule has 0 bridgehead atoms. The summed E-state index contributed by atoms with van der Waals surface area (Å²) >= 11 is 0. The van der Waals surface area contributed by atoms with Crippen molar-refractivity contribution in [3.8, 4) is 0 Å². The smallest absolute Gasteiger partial charge is 0.303 e. The zero-order valence-corrected chi connectivity index (χ0v) is 9.03. The highest BCUT2D eigenvalue weighted by molar-refractivity contribution is 5.72. The maximum Gasteiger partial charge on any atom is 0.356 e. The molecule has 1 saturated heterocycles. The quantitative estimate of drug-likeness (QED) is 0.515. The molecule has 5 heteroatoms. The number of hydrogen-bond acceptors (Lipinski definition) is 5. The van der Waals surface area contributed by atoms with Gasteiger partial charge in [-0.2, -0.15) is 0 Å². The van der Waals surface area contributed by atoms with Crippen molar-refractivity contribution in [2.45, 2.75) is 32.6 Å². The van der Waals surface area contributed by atoms with E-state index in [1.54, 1.807) is 6.92 Å². The number of hydrogen-bond donors (Lipinski definition) is 0. The lowest BCUT2D eigenvalue weighted by Gasteiger charge is -2.12. The van der Waals surface area contributed by atoms with E-state index in [1.807, 2.05) is 0 Å². The van der Waals surface area contributed by atoms with Gasteiger partial charge in [0.05, 0.1) is 6.42 Å². The maximum atomic E-state index is 11.1. The standard InChI is InChI=1S/C10H17NO4/c1-2-9(12)14-15-10(13)5-8-11-6-3-4-7-11/h2-8H2,1H3. The van der Waals surface area contributed by atoms with E-state index in [0.29, 0.717) is 6.54 Å². The van der Waals surface area contributed by atoms with E-state index in [9.17, 15) is 9.59 Å². The van der Waals surface area contributed by atoms with Crippen molar-refractivity contribution < 1.29 is 19.4 Å². The third-order valence-corrected chi connectivity index (χ3v) is 2.35. The van der Waals surface area contributed by atoms with E-state index in [-0.39, 0.29) is 12.8 Å². The molecule has 0 spiro atoms. The Labute approximate surface area is 89.3 Å². The van der Waals surface area contributed by atoms with Gasteiger partial charge < -0.3 is 4.90 Å². The molecule has 0 N–H and O–H groups in total. The second kappa shape index (κ2) is 6.40. The van der Waals surface area contributed by atoms with E-state index in [4.69, 9.17) is 0 Å². The van der Waals surface area contributed by atoms with Crippen molar-refractivity contribution in [2.75, 3.05) is 19.6 Å². The minimum Gasteiger partial charge on any atom is -0.303 e. The molecule has 0 aromatic heterocycles. The van der Waals surface area contributed by atoms with E-state index in [2.05, 4.69) is 14.7 Å². The first-order chi connectivity index (χ1) is 7.22. The summed E-state index contributed by atoms with van der Waals surface area (Å²) in [5.74, 6) is -1.01. The predicted molar refractivity (Wildman–Crippen MR) is 52.8 cm³/mol. The van der Waals surface area contributed by atoms with E-state index in [0.717, 1.165) is 13.1 Å². The monoisotopic (exact) mass is 215 g/mol. The van der Waals surface area contributed by atoms with Gasteiger partial charge in [-0.05, 0) is 25.9 Å². The van der Waals surface area contributed by atoms with Crippen LogP contribution in [-0.4, -0.2) is 36.5 Å². The van der Waals surface area contributed by atoms with Gasteiger partial charge in [-0.25, -0.2) is 19.4 Å². The van der Waals surface area contributed by atoms with Crippen LogP contribution in [0, 0.1) is 0 Å². The molecule has 15 heavy (non-hydrogen) atoms. The molecule has 0 saturated carbocycles. The van der Waals surface area contributed by atoms with Crippen LogP contribution in [0.2, 0.25) is 0 Å². The summed E-state index contributed by atoms with van der Waals surface area (Å²) in [6.07, 6.45) is 2.87. The maximum absolute atomic E-state index is 11.1. The summed E-state index contributed by atoms with van der Waals surface area (Å²) in [7, 11) is 0. The Morgan fingerprint density at radius 2 is 1.73 bits per heavy atom. The Morgan fingerprint density at radius 3 is 2.33 bits per heavy atom. The van der Waals surface area contributed by atoms with E-state index < -0.39 is 11.9 Å². The lowest BCUT2D eigenvalue weighted by molar-refractivity contribution is -0.258. The van der Waals surface area contributed by atoms with Gasteiger partial charge in [0.15, 0.2) is 0 Å². The number of carbonyl (C=O) groups excluding carboxylic acids is 2. The fraction of sp³-hybridized carbons (Fsp3) is 0.800. The first-order valence-corrected chi connectivity index (χ1v) is 5.35. The molecule has 0 aromatic carbocycles. The van der Waals surface area contributed by atoms with Crippen molar-refractivity contribution in [3.05, 3.63) is 0 Å². The van der Waals surface area contributed by atoms with Crippen molar-refractivity contribution in [3.63, 3.8) is 0 Å². The largest absolute Gasteiger partial charge is 0.356 e. The van der Waals surface area contributed by atoms with Crippen LogP contribution in [0.25, 0.3) is 0 Å². The molecule has 0 atom stereocenters. The zero-order chi connectivity index (χ0) is 11.1. The summed E-state index contributed by atoms with van der Waals surface area (Å²) in [6.45, 7) is 4.41. The Morgan fingerprint density at radius 1 is 1.13 bits per heavy atom. The van der Waals surface area contributed by atoms with Crippen LogP contribution < -0.4 is 0 Å². The molecule has 0 amide bonds. The summed E-state index contributed by atoms with van der Waals surface area (Å²) in [6, 6.07) is 0. The first kappa shape index (κ1) is 12.0. The van der Waals surface area contributed by atoms with Crippen molar-refractivity contribution >= 4 is 11.9 Å². The first-order valence-electron chi connectivity index (χ1n) is 5.35. The molecule has 0 aromatic rings. The molecule has 1 rings (SSSR count). The fourth-order valence-electron chi connectivity index (χ4n) is 1.45. The van der Waals surface area contributed by atoms with Crippen LogP contribution in [0.1, 0.15) is 32.6 Å². The van der Waals surface area contributed by atoms with Gasteiger partial charge in [-0.3, -0.25) is 0 Å². The van der Waals surface area contributed by atoms with Crippen LogP contribution in [0.4, 0.5) is 0 Å². The van der Waals surface area contributed by atoms with Gasteiger partial charge in [0.1, 0.15) is 0 Å². The normalized spacial score (nSPS) is 16.3. The highest BCUT2D eigenvalue weighted by Crippen LogP contribution is 2.07. The lowest BCUT2D eigenvalue weighted by Crippen LogP contribution is -2.23. The van der Waals surface area contributed by atoms with Crippen LogP contribution in [0.5, 0.6) is 0 Å². The zero-order valence-electron chi connectivity index (χ0n) is 9.03. The SMILES string of the molecule is CCC(=O)OOC(=O)CCN1CCCC1. The van der Waals surface area contributed by atoms with Gasteiger partial charge >= 0.3 is 11.9 Å². The van der Waals surface area contributed by atoms with Gasteiger partial charge in [-0.1, -0.05) is 6.92 Å². The Balaban J connectivity index is 2.05. The molecule has 5 nitrogen and oxygen atoms in total. The molecule has 0 unspecified atom stereocenters. The average molecular weight is 215 g/mol. The van der Waals surface area contributed by atoms with E-state index >= 15 is 0 Å². The molecular formula is C10H17NO4. The molecule has 0 aliphatic carbocycles. The molecule has 0 radical (unpaired) electrons. The summed E-state index contributed by atoms with van der Waals surface area (Å²) in [5.41, 5.74) is 0. The van der Waals surface area contributed by atoms with Crippen LogP contribution in [0.15, 0.2) is 0 Å². The van der Waals surface area contributed by atoms with Gasteiger partial charge in [0.25, 0.3) is 0 Å². The van der Waals surface area contributed by atoms with Crippen molar-refractivity contribution in [2.24, 2.45) is 0 Å². The summed E-state index contributed by atoms with van der Waals surface area (Å²) in [5, 5.41) is 0. The Kier molecular flexibility index (Phi) is 5.10. The molecular weight excluding hydrogens is 198 g/mol. The number of carbonyl (C=O) groups is 2. The molecule has 1 fully saturated rings. The predicted octanol–water partition coefficient (Wildman–Crippen LogP) is 0.884. The molecule has 1 heterocycles. The van der Waals surface area contributed by atoms with Crippen molar-refractivity contribution in [1.82, 2.24) is 4.90 Å². The third kappa shape index (κ3) is 4.78. The Bertz CT molecular complexity index is 223. The molecule has 1 aliphatic heterocycles. The summed E-state index contributed by atoms with van der Waals surface area (Å²) < 4.78 is 0. The summed E-state index contributed by atoms with van der Waals surface area (Å²) in [4.78, 5) is 32.6. The molecule has 86 valence electrons. The lowest BCUT2D eigenvalue weighted by atomic mass is 10.4. The Hall–Kier alpha value is -1.10.